The molecule has 2 heterocycles. The Labute approximate surface area is 186 Å². The van der Waals surface area contributed by atoms with Gasteiger partial charge in [0.1, 0.15) is 5.02 Å². The minimum absolute atomic E-state index is 0.132. The molecule has 3 aromatic rings. The molecule has 0 N–H and O–H groups in total. The highest BCUT2D eigenvalue weighted by Crippen LogP contribution is 2.26. The van der Waals surface area contributed by atoms with Crippen LogP contribution in [0.25, 0.3) is 5.69 Å². The van der Waals surface area contributed by atoms with Crippen LogP contribution in [0.2, 0.25) is 5.02 Å². The third-order valence-electron chi connectivity index (χ3n) is 5.74. The molecule has 0 radical (unpaired) electrons. The summed E-state index contributed by atoms with van der Waals surface area (Å²) in [5.41, 5.74) is 1.98. The van der Waals surface area contributed by atoms with Gasteiger partial charge < -0.3 is 9.80 Å². The Balaban J connectivity index is 1.47. The van der Waals surface area contributed by atoms with Crippen molar-refractivity contribution in [3.63, 3.8) is 0 Å². The lowest BCUT2D eigenvalue weighted by atomic mass is 9.95. The van der Waals surface area contributed by atoms with Gasteiger partial charge in [0.2, 0.25) is 5.91 Å². The Morgan fingerprint density at radius 1 is 1.00 bits per heavy atom. The second kappa shape index (κ2) is 9.35. The lowest BCUT2D eigenvalue weighted by Crippen LogP contribution is -2.50. The van der Waals surface area contributed by atoms with E-state index in [1.54, 1.807) is 6.20 Å². The fraction of sp³-hybridized carbons (Fsp3) is 0.292. The number of halogens is 1. The molecule has 0 unspecified atom stereocenters. The highest BCUT2D eigenvalue weighted by Gasteiger charge is 2.28. The minimum atomic E-state index is -0.348. The number of anilines is 1. The zero-order chi connectivity index (χ0) is 21.8. The van der Waals surface area contributed by atoms with Crippen molar-refractivity contribution >= 4 is 23.2 Å². The molecule has 1 amide bonds. The van der Waals surface area contributed by atoms with Gasteiger partial charge in [0.05, 0.1) is 23.5 Å². The van der Waals surface area contributed by atoms with Crippen molar-refractivity contribution in [3.8, 4) is 5.69 Å². The number of piperazine rings is 1. The van der Waals surface area contributed by atoms with Gasteiger partial charge >= 0.3 is 0 Å². The fourth-order valence-corrected chi connectivity index (χ4v) is 4.27. The van der Waals surface area contributed by atoms with E-state index < -0.39 is 0 Å². The number of hydrogen-bond acceptors (Lipinski definition) is 4. The standard InChI is InChI=1S/C24H25ClN4O2/c1-2-20(18-9-5-3-6-10-18)23(30)28-15-13-27(14-16-28)21-17-26-29(24(31)22(21)25)19-11-7-4-8-12-19/h3-12,17,20H,2,13-16H2,1H3/t20-/m1/s1. The number of carbonyl (C=O) groups excluding carboxylic acids is 1. The van der Waals surface area contributed by atoms with Gasteiger partial charge in [-0.25, -0.2) is 0 Å². The molecule has 1 aliphatic rings. The summed E-state index contributed by atoms with van der Waals surface area (Å²) >= 11 is 6.44. The smallest absolute Gasteiger partial charge is 0.292 e. The summed E-state index contributed by atoms with van der Waals surface area (Å²) in [6.45, 7) is 4.42. The van der Waals surface area contributed by atoms with Gasteiger partial charge in [-0.15, -0.1) is 0 Å². The number of amides is 1. The van der Waals surface area contributed by atoms with Crippen molar-refractivity contribution < 1.29 is 4.79 Å². The molecule has 0 spiro atoms. The predicted octanol–water partition coefficient (Wildman–Crippen LogP) is 3.73. The zero-order valence-electron chi connectivity index (χ0n) is 17.4. The van der Waals surface area contributed by atoms with Crippen molar-refractivity contribution in [1.29, 1.82) is 0 Å². The summed E-state index contributed by atoms with van der Waals surface area (Å²) in [7, 11) is 0. The van der Waals surface area contributed by atoms with Crippen molar-refractivity contribution in [2.24, 2.45) is 0 Å². The van der Waals surface area contributed by atoms with Crippen LogP contribution in [0.1, 0.15) is 24.8 Å². The van der Waals surface area contributed by atoms with Gasteiger partial charge in [-0.05, 0) is 24.1 Å². The molecule has 0 bridgehead atoms. The topological polar surface area (TPSA) is 58.4 Å². The highest BCUT2D eigenvalue weighted by atomic mass is 35.5. The molecule has 4 rings (SSSR count). The minimum Gasteiger partial charge on any atom is -0.365 e. The van der Waals surface area contributed by atoms with Gasteiger partial charge in [0, 0.05) is 26.2 Å². The van der Waals surface area contributed by atoms with Crippen molar-refractivity contribution in [2.75, 3.05) is 31.1 Å². The van der Waals surface area contributed by atoms with E-state index in [0.29, 0.717) is 37.6 Å². The number of carbonyl (C=O) groups is 1. The molecule has 1 atom stereocenters. The Hall–Kier alpha value is -3.12. The van der Waals surface area contributed by atoms with Crippen molar-refractivity contribution in [3.05, 3.63) is 87.8 Å². The van der Waals surface area contributed by atoms with Gasteiger partial charge in [0.15, 0.2) is 0 Å². The summed E-state index contributed by atoms with van der Waals surface area (Å²) in [5, 5.41) is 4.46. The highest BCUT2D eigenvalue weighted by molar-refractivity contribution is 6.33. The van der Waals surface area contributed by atoms with E-state index >= 15 is 0 Å². The Morgan fingerprint density at radius 2 is 1.61 bits per heavy atom. The quantitative estimate of drug-likeness (QED) is 0.611. The van der Waals surface area contributed by atoms with Gasteiger partial charge in [-0.2, -0.15) is 9.78 Å². The SMILES string of the molecule is CC[C@@H](C(=O)N1CCN(c2cnn(-c3ccccc3)c(=O)c2Cl)CC1)c1ccccc1. The monoisotopic (exact) mass is 436 g/mol. The maximum atomic E-state index is 13.1. The number of nitrogens with zero attached hydrogens (tertiary/aromatic N) is 4. The van der Waals surface area contributed by atoms with E-state index in [1.165, 1.54) is 4.68 Å². The Morgan fingerprint density at radius 3 is 2.23 bits per heavy atom. The molecule has 0 saturated carbocycles. The van der Waals surface area contributed by atoms with Crippen LogP contribution in [-0.2, 0) is 4.79 Å². The van der Waals surface area contributed by atoms with Crippen LogP contribution in [-0.4, -0.2) is 46.8 Å². The van der Waals surface area contributed by atoms with E-state index in [2.05, 4.69) is 5.10 Å². The van der Waals surface area contributed by atoms with Crippen LogP contribution in [0.3, 0.4) is 0 Å². The zero-order valence-corrected chi connectivity index (χ0v) is 18.2. The summed E-state index contributed by atoms with van der Waals surface area (Å²) in [6.07, 6.45) is 2.39. The molecule has 1 aliphatic heterocycles. The number of para-hydroxylation sites is 1. The van der Waals surface area contributed by atoms with Gasteiger partial charge in [-0.1, -0.05) is 67.1 Å². The number of hydrogen-bond donors (Lipinski definition) is 0. The average Bonchev–Trinajstić information content (AvgIpc) is 2.82. The molecule has 0 aliphatic carbocycles. The molecule has 2 aromatic carbocycles. The Kier molecular flexibility index (Phi) is 6.37. The maximum Gasteiger partial charge on any atom is 0.292 e. The number of benzene rings is 2. The van der Waals surface area contributed by atoms with E-state index in [1.807, 2.05) is 77.4 Å². The molecular weight excluding hydrogens is 412 g/mol. The van der Waals surface area contributed by atoms with Crippen LogP contribution < -0.4 is 10.5 Å². The molecule has 1 fully saturated rings. The lowest BCUT2D eigenvalue weighted by molar-refractivity contribution is -0.133. The first-order valence-corrected chi connectivity index (χ1v) is 10.9. The van der Waals surface area contributed by atoms with Crippen LogP contribution in [0, 0.1) is 0 Å². The first-order valence-electron chi connectivity index (χ1n) is 10.5. The first kappa shape index (κ1) is 21.1. The summed E-state index contributed by atoms with van der Waals surface area (Å²) < 4.78 is 1.30. The molecule has 1 saturated heterocycles. The van der Waals surface area contributed by atoms with E-state index in [-0.39, 0.29) is 22.4 Å². The molecule has 160 valence electrons. The fourth-order valence-electron chi connectivity index (χ4n) is 4.02. The molecule has 6 nitrogen and oxygen atoms in total. The summed E-state index contributed by atoms with van der Waals surface area (Å²) in [5.74, 6) is 0.0184. The second-order valence-electron chi connectivity index (χ2n) is 7.58. The van der Waals surface area contributed by atoms with Crippen LogP contribution in [0.4, 0.5) is 5.69 Å². The van der Waals surface area contributed by atoms with Crippen molar-refractivity contribution in [1.82, 2.24) is 14.7 Å². The number of aromatic nitrogens is 2. The molecule has 7 heteroatoms. The average molecular weight is 437 g/mol. The van der Waals surface area contributed by atoms with Gasteiger partial charge in [0.25, 0.3) is 5.56 Å². The number of rotatable bonds is 5. The molecular formula is C24H25ClN4O2. The normalized spacial score (nSPS) is 15.0. The lowest BCUT2D eigenvalue weighted by Gasteiger charge is -2.37. The predicted molar refractivity (Wildman–Crippen MR) is 123 cm³/mol. The largest absolute Gasteiger partial charge is 0.365 e. The third kappa shape index (κ3) is 4.35. The van der Waals surface area contributed by atoms with Crippen LogP contribution in [0.15, 0.2) is 71.7 Å². The van der Waals surface area contributed by atoms with Crippen LogP contribution >= 0.6 is 11.6 Å². The summed E-state index contributed by atoms with van der Waals surface area (Å²) in [4.78, 5) is 29.8. The molecule has 1 aromatic heterocycles. The van der Waals surface area contributed by atoms with E-state index in [9.17, 15) is 9.59 Å². The maximum absolute atomic E-state index is 13.1. The second-order valence-corrected chi connectivity index (χ2v) is 7.96. The molecule has 31 heavy (non-hydrogen) atoms. The van der Waals surface area contributed by atoms with E-state index in [4.69, 9.17) is 11.6 Å². The van der Waals surface area contributed by atoms with Crippen molar-refractivity contribution in [2.45, 2.75) is 19.3 Å². The Bertz CT molecular complexity index is 1090. The van der Waals surface area contributed by atoms with Gasteiger partial charge in [-0.3, -0.25) is 9.59 Å². The van der Waals surface area contributed by atoms with Crippen LogP contribution in [0.5, 0.6) is 0 Å². The third-order valence-corrected chi connectivity index (χ3v) is 6.10. The first-order chi connectivity index (χ1) is 15.1. The van der Waals surface area contributed by atoms with E-state index in [0.717, 1.165) is 12.0 Å². The summed E-state index contributed by atoms with van der Waals surface area (Å²) in [6, 6.07) is 19.1.